The van der Waals surface area contributed by atoms with E-state index in [0.717, 1.165) is 6.42 Å². The lowest BCUT2D eigenvalue weighted by atomic mass is 9.85. The van der Waals surface area contributed by atoms with Crippen LogP contribution in [0.3, 0.4) is 0 Å². The van der Waals surface area contributed by atoms with E-state index in [1.54, 1.807) is 0 Å². The molecular formula is C17H29N. The zero-order valence-electron chi connectivity index (χ0n) is 13.0. The summed E-state index contributed by atoms with van der Waals surface area (Å²) in [7, 11) is 0. The largest absolute Gasteiger partial charge is 0.324 e. The van der Waals surface area contributed by atoms with Crippen molar-refractivity contribution in [3.8, 4) is 0 Å². The van der Waals surface area contributed by atoms with Crippen molar-refractivity contribution in [2.45, 2.75) is 73.3 Å². The average Bonchev–Trinajstić information content (AvgIpc) is 2.34. The third-order valence-corrected chi connectivity index (χ3v) is 4.55. The minimum atomic E-state index is 0.203. The van der Waals surface area contributed by atoms with Crippen molar-refractivity contribution in [1.82, 2.24) is 0 Å². The second-order valence-corrected chi connectivity index (χ2v) is 5.64. The van der Waals surface area contributed by atoms with Crippen LogP contribution in [0.1, 0.15) is 72.0 Å². The zero-order chi connectivity index (χ0) is 13.9. The van der Waals surface area contributed by atoms with Gasteiger partial charge < -0.3 is 5.73 Å². The van der Waals surface area contributed by atoms with Gasteiger partial charge in [0.1, 0.15) is 0 Å². The molecule has 1 rings (SSSR count). The maximum absolute atomic E-state index is 6.43. The van der Waals surface area contributed by atoms with Crippen LogP contribution >= 0.6 is 0 Å². The number of unbranched alkanes of at least 4 members (excludes halogenated alkanes) is 2. The fraction of sp³-hybridized carbons (Fsp3) is 0.647. The van der Waals surface area contributed by atoms with Crippen molar-refractivity contribution in [3.63, 3.8) is 0 Å². The van der Waals surface area contributed by atoms with Gasteiger partial charge in [0, 0.05) is 6.04 Å². The molecule has 0 aliphatic carbocycles. The second kappa shape index (κ2) is 6.38. The zero-order valence-corrected chi connectivity index (χ0v) is 13.0. The van der Waals surface area contributed by atoms with Gasteiger partial charge in [-0.15, -0.1) is 0 Å². The molecule has 0 saturated carbocycles. The van der Waals surface area contributed by atoms with E-state index in [0.29, 0.717) is 0 Å². The van der Waals surface area contributed by atoms with Crippen molar-refractivity contribution >= 4 is 0 Å². The van der Waals surface area contributed by atoms with E-state index in [1.807, 2.05) is 0 Å². The predicted molar refractivity (Wildman–Crippen MR) is 81.2 cm³/mol. The molecule has 0 fully saturated rings. The summed E-state index contributed by atoms with van der Waals surface area (Å²) in [6.45, 7) is 13.4. The van der Waals surface area contributed by atoms with Gasteiger partial charge in [-0.3, -0.25) is 0 Å². The lowest BCUT2D eigenvalue weighted by Gasteiger charge is -2.23. The van der Waals surface area contributed by atoms with E-state index in [4.69, 9.17) is 5.73 Å². The third-order valence-electron chi connectivity index (χ3n) is 4.55. The topological polar surface area (TPSA) is 26.0 Å². The Kier molecular flexibility index (Phi) is 5.40. The molecule has 0 unspecified atom stereocenters. The van der Waals surface area contributed by atoms with Gasteiger partial charge in [-0.05, 0) is 74.4 Å². The Morgan fingerprint density at radius 3 is 1.67 bits per heavy atom. The first-order chi connectivity index (χ1) is 8.41. The Morgan fingerprint density at radius 1 is 0.778 bits per heavy atom. The van der Waals surface area contributed by atoms with Crippen molar-refractivity contribution in [3.05, 3.63) is 33.4 Å². The molecule has 0 aliphatic heterocycles. The number of hydrogen-bond acceptors (Lipinski definition) is 1. The molecule has 0 aromatic heterocycles. The van der Waals surface area contributed by atoms with Crippen molar-refractivity contribution in [1.29, 1.82) is 0 Å². The van der Waals surface area contributed by atoms with E-state index in [1.165, 1.54) is 52.6 Å². The molecule has 0 heterocycles. The summed E-state index contributed by atoms with van der Waals surface area (Å²) < 4.78 is 0. The molecule has 1 aromatic rings. The highest BCUT2D eigenvalue weighted by molar-refractivity contribution is 5.50. The number of nitrogens with two attached hydrogens (primary N) is 1. The maximum Gasteiger partial charge on any atom is 0.0300 e. The van der Waals surface area contributed by atoms with E-state index in [9.17, 15) is 0 Å². The molecule has 0 aliphatic rings. The van der Waals surface area contributed by atoms with Crippen LogP contribution in [-0.2, 0) is 0 Å². The molecular weight excluding hydrogens is 218 g/mol. The molecule has 102 valence electrons. The first-order valence-corrected chi connectivity index (χ1v) is 7.24. The molecule has 0 radical (unpaired) electrons. The standard InChI is InChI=1S/C17H29N/c1-7-8-9-10-16(18)17-14(5)12(3)11(2)13(4)15(17)6/h16H,7-10,18H2,1-6H3/t16-/m1/s1. The van der Waals surface area contributed by atoms with Gasteiger partial charge in [0.25, 0.3) is 0 Å². The van der Waals surface area contributed by atoms with Gasteiger partial charge >= 0.3 is 0 Å². The number of hydrogen-bond donors (Lipinski definition) is 1. The Labute approximate surface area is 113 Å². The number of benzene rings is 1. The Morgan fingerprint density at radius 2 is 1.22 bits per heavy atom. The molecule has 0 saturated heterocycles. The van der Waals surface area contributed by atoms with Crippen molar-refractivity contribution in [2.24, 2.45) is 5.73 Å². The van der Waals surface area contributed by atoms with Crippen LogP contribution in [0.15, 0.2) is 0 Å². The molecule has 1 aromatic carbocycles. The fourth-order valence-corrected chi connectivity index (χ4v) is 2.84. The Hall–Kier alpha value is -0.820. The third kappa shape index (κ3) is 2.95. The van der Waals surface area contributed by atoms with Gasteiger partial charge in [0.05, 0.1) is 0 Å². The van der Waals surface area contributed by atoms with Gasteiger partial charge in [0.2, 0.25) is 0 Å². The highest BCUT2D eigenvalue weighted by Crippen LogP contribution is 2.31. The number of rotatable bonds is 5. The molecule has 2 N–H and O–H groups in total. The first kappa shape index (κ1) is 15.2. The van der Waals surface area contributed by atoms with Crippen LogP contribution in [0, 0.1) is 34.6 Å². The molecule has 0 bridgehead atoms. The first-order valence-electron chi connectivity index (χ1n) is 7.24. The predicted octanol–water partition coefficient (Wildman–Crippen LogP) is 4.81. The molecule has 0 amide bonds. The van der Waals surface area contributed by atoms with Gasteiger partial charge in [0.15, 0.2) is 0 Å². The molecule has 1 nitrogen and oxygen atoms in total. The average molecular weight is 247 g/mol. The molecule has 1 heteroatoms. The van der Waals surface area contributed by atoms with Crippen molar-refractivity contribution < 1.29 is 0 Å². The van der Waals surface area contributed by atoms with Gasteiger partial charge in [-0.25, -0.2) is 0 Å². The fourth-order valence-electron chi connectivity index (χ4n) is 2.84. The van der Waals surface area contributed by atoms with Gasteiger partial charge in [-0.2, -0.15) is 0 Å². The highest BCUT2D eigenvalue weighted by Gasteiger charge is 2.17. The maximum atomic E-state index is 6.43. The van der Waals surface area contributed by atoms with Crippen LogP contribution in [0.2, 0.25) is 0 Å². The monoisotopic (exact) mass is 247 g/mol. The summed E-state index contributed by atoms with van der Waals surface area (Å²) in [5.74, 6) is 0. The van der Waals surface area contributed by atoms with Crippen molar-refractivity contribution in [2.75, 3.05) is 0 Å². The second-order valence-electron chi connectivity index (χ2n) is 5.64. The Balaban J connectivity index is 3.08. The smallest absolute Gasteiger partial charge is 0.0300 e. The van der Waals surface area contributed by atoms with E-state index < -0.39 is 0 Å². The quantitative estimate of drug-likeness (QED) is 0.742. The SMILES string of the molecule is CCCCC[C@@H](N)c1c(C)c(C)c(C)c(C)c1C. The molecule has 18 heavy (non-hydrogen) atoms. The molecule has 0 spiro atoms. The van der Waals surface area contributed by atoms with Crippen LogP contribution in [0.5, 0.6) is 0 Å². The van der Waals surface area contributed by atoms with Crippen LogP contribution in [0.4, 0.5) is 0 Å². The summed E-state index contributed by atoms with van der Waals surface area (Å²) in [5.41, 5.74) is 14.9. The highest BCUT2D eigenvalue weighted by atomic mass is 14.6. The molecule has 1 atom stereocenters. The van der Waals surface area contributed by atoms with E-state index >= 15 is 0 Å². The van der Waals surface area contributed by atoms with Crippen LogP contribution in [-0.4, -0.2) is 0 Å². The minimum absolute atomic E-state index is 0.203. The van der Waals surface area contributed by atoms with E-state index in [-0.39, 0.29) is 6.04 Å². The van der Waals surface area contributed by atoms with Crippen LogP contribution in [0.25, 0.3) is 0 Å². The lowest BCUT2D eigenvalue weighted by molar-refractivity contribution is 0.576. The summed E-state index contributed by atoms with van der Waals surface area (Å²) >= 11 is 0. The minimum Gasteiger partial charge on any atom is -0.324 e. The lowest BCUT2D eigenvalue weighted by Crippen LogP contribution is -2.15. The summed E-state index contributed by atoms with van der Waals surface area (Å²) in [5, 5.41) is 0. The summed E-state index contributed by atoms with van der Waals surface area (Å²) in [4.78, 5) is 0. The normalized spacial score (nSPS) is 12.8. The Bertz CT molecular complexity index is 389. The summed E-state index contributed by atoms with van der Waals surface area (Å²) in [6, 6.07) is 0.203. The van der Waals surface area contributed by atoms with E-state index in [2.05, 4.69) is 41.5 Å². The summed E-state index contributed by atoms with van der Waals surface area (Å²) in [6.07, 6.45) is 4.90. The van der Waals surface area contributed by atoms with Crippen LogP contribution < -0.4 is 5.73 Å². The van der Waals surface area contributed by atoms with Gasteiger partial charge in [-0.1, -0.05) is 26.2 Å².